The van der Waals surface area contributed by atoms with Crippen LogP contribution in [0.2, 0.25) is 0 Å². The Morgan fingerprint density at radius 2 is 1.67 bits per heavy atom. The van der Waals surface area contributed by atoms with Crippen molar-refractivity contribution in [3.05, 3.63) is 39.9 Å². The number of rotatable bonds is 3. The summed E-state index contributed by atoms with van der Waals surface area (Å²) in [5.74, 6) is 0.361. The number of aryl methyl sites for hydroxylation is 1. The molecule has 0 saturated carbocycles. The molecule has 5 heteroatoms. The summed E-state index contributed by atoms with van der Waals surface area (Å²) in [7, 11) is 3.97. The number of phenols is 1. The van der Waals surface area contributed by atoms with Crippen molar-refractivity contribution in [1.29, 1.82) is 0 Å². The first-order valence-electron chi connectivity index (χ1n) is 7.07. The van der Waals surface area contributed by atoms with Crippen LogP contribution in [0.25, 0.3) is 11.1 Å². The predicted octanol–water partition coefficient (Wildman–Crippen LogP) is 0.570. The van der Waals surface area contributed by atoms with Gasteiger partial charge < -0.3 is 10.2 Å². The molecular formula is C16H19B2BrO2. The summed E-state index contributed by atoms with van der Waals surface area (Å²) >= 11 is 3.61. The Hall–Kier alpha value is -1.19. The molecule has 0 aromatic heterocycles. The fourth-order valence-corrected chi connectivity index (χ4v) is 3.34. The fourth-order valence-electron chi connectivity index (χ4n) is 2.62. The van der Waals surface area contributed by atoms with E-state index in [1.165, 1.54) is 0 Å². The molecule has 0 bridgehead atoms. The molecule has 0 aliphatic heterocycles. The van der Waals surface area contributed by atoms with Crippen LogP contribution < -0.4 is 10.9 Å². The first-order chi connectivity index (χ1) is 9.79. The van der Waals surface area contributed by atoms with Crippen molar-refractivity contribution < 1.29 is 10.2 Å². The number of phenolic OH excluding ortho intramolecular Hbond substituents is 1. The molecule has 1 unspecified atom stereocenters. The van der Waals surface area contributed by atoms with Gasteiger partial charge in [-0.15, -0.1) is 0 Å². The average molecular weight is 345 g/mol. The van der Waals surface area contributed by atoms with E-state index in [2.05, 4.69) is 35.9 Å². The summed E-state index contributed by atoms with van der Waals surface area (Å²) < 4.78 is 1.02. The lowest BCUT2D eigenvalue weighted by Gasteiger charge is -2.15. The molecule has 2 aromatic carbocycles. The van der Waals surface area contributed by atoms with Crippen LogP contribution in [-0.4, -0.2) is 32.0 Å². The number of aliphatic hydroxyl groups is 1. The summed E-state index contributed by atoms with van der Waals surface area (Å²) in [5.41, 5.74) is 6.26. The van der Waals surface area contributed by atoms with Gasteiger partial charge >= 0.3 is 0 Å². The topological polar surface area (TPSA) is 40.5 Å². The highest BCUT2D eigenvalue weighted by atomic mass is 79.9. The fraction of sp³-hybridized carbons (Fsp3) is 0.250. The van der Waals surface area contributed by atoms with E-state index in [0.717, 1.165) is 37.7 Å². The Labute approximate surface area is 136 Å². The van der Waals surface area contributed by atoms with Gasteiger partial charge in [-0.05, 0) is 60.1 Å². The first kappa shape index (κ1) is 16.2. The third kappa shape index (κ3) is 3.53. The van der Waals surface area contributed by atoms with Gasteiger partial charge in [-0.2, -0.15) is 0 Å². The molecule has 2 N–H and O–H groups in total. The van der Waals surface area contributed by atoms with E-state index < -0.39 is 0 Å². The van der Waals surface area contributed by atoms with Crippen LogP contribution in [0.3, 0.4) is 0 Å². The van der Waals surface area contributed by atoms with Crippen LogP contribution >= 0.6 is 15.9 Å². The number of aromatic hydroxyl groups is 1. The Morgan fingerprint density at radius 3 is 2.19 bits per heavy atom. The van der Waals surface area contributed by atoms with Gasteiger partial charge in [-0.25, -0.2) is 0 Å². The van der Waals surface area contributed by atoms with Gasteiger partial charge in [0.2, 0.25) is 0 Å². The van der Waals surface area contributed by atoms with E-state index in [1.807, 2.05) is 26.9 Å². The molecular weight excluding hydrogens is 326 g/mol. The van der Waals surface area contributed by atoms with E-state index in [1.54, 1.807) is 6.92 Å². The van der Waals surface area contributed by atoms with Gasteiger partial charge in [0.1, 0.15) is 21.4 Å². The lowest BCUT2D eigenvalue weighted by atomic mass is 9.84. The van der Waals surface area contributed by atoms with Crippen molar-refractivity contribution in [2.24, 2.45) is 0 Å². The van der Waals surface area contributed by atoms with Gasteiger partial charge in [0.25, 0.3) is 0 Å². The minimum Gasteiger partial charge on any atom is -0.508 e. The molecule has 0 heterocycles. The highest BCUT2D eigenvalue weighted by Crippen LogP contribution is 2.27. The SMILES string of the molecule is Bc1cc(-c2cc(B)c(CC(C)O)c(Br)c2)cc(C)c1O. The molecule has 0 aliphatic carbocycles. The summed E-state index contributed by atoms with van der Waals surface area (Å²) in [6.07, 6.45) is 0.282. The zero-order valence-corrected chi connectivity index (χ0v) is 14.5. The highest BCUT2D eigenvalue weighted by Gasteiger charge is 2.11. The highest BCUT2D eigenvalue weighted by molar-refractivity contribution is 9.10. The van der Waals surface area contributed by atoms with Crippen molar-refractivity contribution in [2.75, 3.05) is 0 Å². The normalized spacial score (nSPS) is 12.4. The maximum atomic E-state index is 9.89. The third-order valence-electron chi connectivity index (χ3n) is 3.74. The third-order valence-corrected chi connectivity index (χ3v) is 4.45. The Balaban J connectivity index is 2.51. The maximum Gasteiger partial charge on any atom is 0.144 e. The van der Waals surface area contributed by atoms with E-state index in [-0.39, 0.29) is 6.10 Å². The smallest absolute Gasteiger partial charge is 0.144 e. The van der Waals surface area contributed by atoms with E-state index in [4.69, 9.17) is 0 Å². The molecule has 2 aromatic rings. The summed E-state index contributed by atoms with van der Waals surface area (Å²) in [6.45, 7) is 3.71. The van der Waals surface area contributed by atoms with Crippen molar-refractivity contribution in [1.82, 2.24) is 0 Å². The Kier molecular flexibility index (Phi) is 4.84. The van der Waals surface area contributed by atoms with Crippen LogP contribution in [-0.2, 0) is 6.42 Å². The van der Waals surface area contributed by atoms with E-state index >= 15 is 0 Å². The van der Waals surface area contributed by atoms with Crippen LogP contribution in [0.5, 0.6) is 5.75 Å². The van der Waals surface area contributed by atoms with Crippen LogP contribution in [0, 0.1) is 6.92 Å². The first-order valence-corrected chi connectivity index (χ1v) is 7.86. The largest absolute Gasteiger partial charge is 0.508 e. The van der Waals surface area contributed by atoms with Gasteiger partial charge in [0, 0.05) is 4.47 Å². The second kappa shape index (κ2) is 6.29. The van der Waals surface area contributed by atoms with Crippen LogP contribution in [0.15, 0.2) is 28.7 Å². The average Bonchev–Trinajstić information content (AvgIpc) is 2.39. The molecule has 2 rings (SSSR count). The molecule has 108 valence electrons. The lowest BCUT2D eigenvalue weighted by Crippen LogP contribution is -2.17. The molecule has 0 aliphatic rings. The monoisotopic (exact) mass is 344 g/mol. The molecule has 0 spiro atoms. The van der Waals surface area contributed by atoms with Gasteiger partial charge in [-0.3, -0.25) is 0 Å². The second-order valence-electron chi connectivity index (χ2n) is 5.77. The number of benzene rings is 2. The number of halogens is 1. The van der Waals surface area contributed by atoms with Gasteiger partial charge in [0.15, 0.2) is 0 Å². The van der Waals surface area contributed by atoms with E-state index in [9.17, 15) is 10.2 Å². The zero-order chi connectivity index (χ0) is 15.7. The van der Waals surface area contributed by atoms with Gasteiger partial charge in [0.05, 0.1) is 6.10 Å². The van der Waals surface area contributed by atoms with Gasteiger partial charge in [-0.1, -0.05) is 33.5 Å². The van der Waals surface area contributed by atoms with Crippen molar-refractivity contribution in [3.8, 4) is 16.9 Å². The summed E-state index contributed by atoms with van der Waals surface area (Å²) in [6, 6.07) is 8.21. The predicted molar refractivity (Wildman–Crippen MR) is 97.7 cm³/mol. The van der Waals surface area contributed by atoms with E-state index in [0.29, 0.717) is 12.2 Å². The number of hydrogen-bond acceptors (Lipinski definition) is 2. The maximum absolute atomic E-state index is 9.89. The number of hydrogen-bond donors (Lipinski definition) is 2. The number of aliphatic hydroxyl groups excluding tert-OH is 1. The molecule has 0 fully saturated rings. The Morgan fingerprint density at radius 1 is 1.10 bits per heavy atom. The lowest BCUT2D eigenvalue weighted by molar-refractivity contribution is 0.195. The minimum absolute atomic E-state index is 0.357. The van der Waals surface area contributed by atoms with Crippen LogP contribution in [0.4, 0.5) is 0 Å². The summed E-state index contributed by atoms with van der Waals surface area (Å²) in [5, 5.41) is 19.5. The van der Waals surface area contributed by atoms with Crippen molar-refractivity contribution >= 4 is 42.5 Å². The quantitative estimate of drug-likeness (QED) is 0.799. The van der Waals surface area contributed by atoms with Crippen LogP contribution in [0.1, 0.15) is 18.1 Å². The molecule has 2 nitrogen and oxygen atoms in total. The minimum atomic E-state index is -0.357. The molecule has 21 heavy (non-hydrogen) atoms. The molecule has 1 atom stereocenters. The molecule has 0 radical (unpaired) electrons. The summed E-state index contributed by atoms with van der Waals surface area (Å²) in [4.78, 5) is 0. The van der Waals surface area contributed by atoms with Crippen molar-refractivity contribution in [2.45, 2.75) is 26.4 Å². The second-order valence-corrected chi connectivity index (χ2v) is 6.62. The molecule has 0 amide bonds. The van der Waals surface area contributed by atoms with Crippen molar-refractivity contribution in [3.63, 3.8) is 0 Å². The standard InChI is InChI=1S/C16H19B2BrO2/c1-8-3-10(6-14(18)16(8)21)11-5-13(17)12(4-9(2)20)15(19)7-11/h3,5-7,9,20-21H,4,17-18H2,1-2H3. The Bertz CT molecular complexity index is 638. The molecule has 0 saturated heterocycles. The zero-order valence-electron chi connectivity index (χ0n) is 12.9.